The van der Waals surface area contributed by atoms with Crippen molar-refractivity contribution in [1.82, 2.24) is 14.9 Å². The molecule has 9 heteroatoms. The Hall–Kier alpha value is -2.32. The van der Waals surface area contributed by atoms with Crippen LogP contribution in [0.25, 0.3) is 15.9 Å². The number of halogens is 2. The van der Waals surface area contributed by atoms with Crippen LogP contribution in [0, 0.1) is 0 Å². The Morgan fingerprint density at radius 2 is 1.90 bits per heavy atom. The summed E-state index contributed by atoms with van der Waals surface area (Å²) in [6.45, 7) is 0.513. The Morgan fingerprint density at radius 3 is 2.68 bits per heavy atom. The van der Waals surface area contributed by atoms with Gasteiger partial charge in [-0.3, -0.25) is 14.2 Å². The van der Waals surface area contributed by atoms with Crippen LogP contribution in [-0.2, 0) is 11.2 Å². The highest BCUT2D eigenvalue weighted by atomic mass is 35.5. The molecule has 158 valence electrons. The zero-order valence-corrected chi connectivity index (χ0v) is 19.3. The van der Waals surface area contributed by atoms with Gasteiger partial charge in [0.05, 0.1) is 17.0 Å². The largest absolute Gasteiger partial charge is 0.355 e. The Morgan fingerprint density at radius 1 is 1.10 bits per heavy atom. The van der Waals surface area contributed by atoms with Gasteiger partial charge >= 0.3 is 0 Å². The quantitative estimate of drug-likeness (QED) is 0.286. The number of amides is 1. The molecule has 4 rings (SSSR count). The van der Waals surface area contributed by atoms with Gasteiger partial charge in [0.1, 0.15) is 4.70 Å². The molecule has 0 atom stereocenters. The maximum atomic E-state index is 13.1. The molecule has 0 aliphatic rings. The number of fused-ring (bicyclic) bond motifs is 1. The van der Waals surface area contributed by atoms with E-state index in [1.54, 1.807) is 30.3 Å². The molecule has 0 aliphatic carbocycles. The van der Waals surface area contributed by atoms with Crippen molar-refractivity contribution in [2.45, 2.75) is 11.6 Å². The summed E-state index contributed by atoms with van der Waals surface area (Å²) in [6, 6.07) is 16.4. The number of hydrogen-bond acceptors (Lipinski definition) is 5. The number of benzene rings is 2. The molecule has 2 aromatic carbocycles. The van der Waals surface area contributed by atoms with E-state index in [2.05, 4.69) is 10.3 Å². The van der Waals surface area contributed by atoms with Crippen LogP contribution >= 0.6 is 46.3 Å². The summed E-state index contributed by atoms with van der Waals surface area (Å²) in [6.07, 6.45) is 0.708. The van der Waals surface area contributed by atoms with Crippen molar-refractivity contribution in [3.8, 4) is 5.69 Å². The van der Waals surface area contributed by atoms with Crippen LogP contribution in [0.2, 0.25) is 10.0 Å². The molecule has 1 N–H and O–H groups in total. The van der Waals surface area contributed by atoms with Crippen LogP contribution < -0.4 is 10.9 Å². The molecule has 5 nitrogen and oxygen atoms in total. The number of nitrogens with one attached hydrogen (secondary N) is 1. The van der Waals surface area contributed by atoms with Crippen LogP contribution in [0.3, 0.4) is 0 Å². The van der Waals surface area contributed by atoms with Gasteiger partial charge in [-0.1, -0.05) is 53.2 Å². The third-order valence-electron chi connectivity index (χ3n) is 4.50. The molecule has 0 saturated heterocycles. The Balaban J connectivity index is 1.48. The molecule has 31 heavy (non-hydrogen) atoms. The number of thiophene rings is 1. The first kappa shape index (κ1) is 21.9. The van der Waals surface area contributed by atoms with E-state index in [1.807, 2.05) is 29.6 Å². The molecule has 0 unspecified atom stereocenters. The van der Waals surface area contributed by atoms with E-state index in [-0.39, 0.29) is 17.2 Å². The summed E-state index contributed by atoms with van der Waals surface area (Å²) in [5.41, 5.74) is 2.16. The second kappa shape index (κ2) is 9.87. The molecule has 2 aromatic heterocycles. The third kappa shape index (κ3) is 5.30. The fourth-order valence-corrected chi connectivity index (χ4v) is 4.92. The van der Waals surface area contributed by atoms with Gasteiger partial charge in [-0.25, -0.2) is 4.98 Å². The van der Waals surface area contributed by atoms with E-state index in [0.717, 1.165) is 5.56 Å². The number of rotatable bonds is 7. The fraction of sp³-hybridized carbons (Fsp3) is 0.136. The highest BCUT2D eigenvalue weighted by Crippen LogP contribution is 2.24. The van der Waals surface area contributed by atoms with Crippen molar-refractivity contribution >= 4 is 62.4 Å². The summed E-state index contributed by atoms with van der Waals surface area (Å²) in [7, 11) is 0. The first-order valence-corrected chi connectivity index (χ1v) is 12.0. The summed E-state index contributed by atoms with van der Waals surface area (Å²) >= 11 is 14.6. The molecule has 0 saturated carbocycles. The molecule has 1 amide bonds. The minimum Gasteiger partial charge on any atom is -0.355 e. The zero-order chi connectivity index (χ0) is 21.8. The lowest BCUT2D eigenvalue weighted by molar-refractivity contribution is -0.118. The molecule has 0 fully saturated rings. The van der Waals surface area contributed by atoms with Gasteiger partial charge in [-0.2, -0.15) is 0 Å². The van der Waals surface area contributed by atoms with Crippen LogP contribution in [0.15, 0.2) is 69.9 Å². The molecule has 4 aromatic rings. The zero-order valence-electron chi connectivity index (χ0n) is 16.2. The molecule has 2 heterocycles. The highest BCUT2D eigenvalue weighted by Gasteiger charge is 2.16. The number of aromatic nitrogens is 2. The SMILES string of the molecule is O=C(CSc1nc2ccsc2c(=O)n1-c1cccc(Cl)c1)NCCc1ccc(Cl)cc1. The Bertz CT molecular complexity index is 1290. The van der Waals surface area contributed by atoms with Gasteiger partial charge in [0.15, 0.2) is 5.16 Å². The predicted molar refractivity (Wildman–Crippen MR) is 129 cm³/mol. The van der Waals surface area contributed by atoms with E-state index >= 15 is 0 Å². The lowest BCUT2D eigenvalue weighted by Crippen LogP contribution is -2.28. The van der Waals surface area contributed by atoms with Gasteiger partial charge in [-0.05, 0) is 53.8 Å². The van der Waals surface area contributed by atoms with Crippen molar-refractivity contribution < 1.29 is 4.79 Å². The Labute approximate surface area is 197 Å². The van der Waals surface area contributed by atoms with E-state index in [4.69, 9.17) is 23.2 Å². The van der Waals surface area contributed by atoms with E-state index in [1.165, 1.54) is 27.7 Å². The fourth-order valence-electron chi connectivity index (χ4n) is 3.01. The minimum absolute atomic E-state index is 0.128. The lowest BCUT2D eigenvalue weighted by Gasteiger charge is -2.12. The normalized spacial score (nSPS) is 11.0. The van der Waals surface area contributed by atoms with E-state index in [0.29, 0.717) is 44.1 Å². The van der Waals surface area contributed by atoms with Crippen LogP contribution in [-0.4, -0.2) is 27.8 Å². The molecule has 0 bridgehead atoms. The lowest BCUT2D eigenvalue weighted by atomic mass is 10.1. The number of hydrogen-bond donors (Lipinski definition) is 1. The van der Waals surface area contributed by atoms with Gasteiger partial charge in [-0.15, -0.1) is 11.3 Å². The van der Waals surface area contributed by atoms with E-state index in [9.17, 15) is 9.59 Å². The Kier molecular flexibility index (Phi) is 6.97. The van der Waals surface area contributed by atoms with Crippen molar-refractivity contribution in [3.05, 3.63) is 85.9 Å². The topological polar surface area (TPSA) is 64.0 Å². The van der Waals surface area contributed by atoms with Gasteiger partial charge in [0.2, 0.25) is 5.91 Å². The van der Waals surface area contributed by atoms with Crippen molar-refractivity contribution in [1.29, 1.82) is 0 Å². The first-order chi connectivity index (χ1) is 15.0. The second-order valence-electron chi connectivity index (χ2n) is 6.66. The number of carbonyl (C=O) groups is 1. The summed E-state index contributed by atoms with van der Waals surface area (Å²) in [5.74, 6) is 0.0137. The number of nitrogens with zero attached hydrogens (tertiary/aromatic N) is 2. The molecule has 0 aliphatic heterocycles. The van der Waals surface area contributed by atoms with Crippen molar-refractivity contribution in [2.24, 2.45) is 0 Å². The van der Waals surface area contributed by atoms with Crippen LogP contribution in [0.5, 0.6) is 0 Å². The van der Waals surface area contributed by atoms with Gasteiger partial charge in [0, 0.05) is 16.6 Å². The van der Waals surface area contributed by atoms with E-state index < -0.39 is 0 Å². The molecular formula is C22H17Cl2N3O2S2. The summed E-state index contributed by atoms with van der Waals surface area (Å²) < 4.78 is 2.08. The smallest absolute Gasteiger partial charge is 0.276 e. The van der Waals surface area contributed by atoms with Crippen LogP contribution in [0.4, 0.5) is 0 Å². The van der Waals surface area contributed by atoms with Crippen LogP contribution in [0.1, 0.15) is 5.56 Å². The maximum Gasteiger partial charge on any atom is 0.276 e. The molecule has 0 radical (unpaired) electrons. The number of carbonyl (C=O) groups excluding carboxylic acids is 1. The van der Waals surface area contributed by atoms with Crippen molar-refractivity contribution in [3.63, 3.8) is 0 Å². The minimum atomic E-state index is -0.173. The number of thioether (sulfide) groups is 1. The average molecular weight is 490 g/mol. The van der Waals surface area contributed by atoms with Gasteiger partial charge < -0.3 is 5.32 Å². The molecular weight excluding hydrogens is 473 g/mol. The summed E-state index contributed by atoms with van der Waals surface area (Å²) in [4.78, 5) is 30.1. The van der Waals surface area contributed by atoms with Gasteiger partial charge in [0.25, 0.3) is 5.56 Å². The second-order valence-corrected chi connectivity index (χ2v) is 9.40. The van der Waals surface area contributed by atoms with Crippen molar-refractivity contribution in [2.75, 3.05) is 12.3 Å². The first-order valence-electron chi connectivity index (χ1n) is 9.41. The standard InChI is InChI=1S/C22H17Cl2N3O2S2/c23-15-6-4-14(5-7-15)8-10-25-19(28)13-31-22-26-18-9-11-30-20(18)21(29)27(22)17-3-1-2-16(24)12-17/h1-7,9,11-12H,8,10,13H2,(H,25,28). The molecule has 0 spiro atoms. The maximum absolute atomic E-state index is 13.1. The monoisotopic (exact) mass is 489 g/mol. The summed E-state index contributed by atoms with van der Waals surface area (Å²) in [5, 5.41) is 6.39. The third-order valence-corrected chi connectivity index (χ3v) is 6.81. The highest BCUT2D eigenvalue weighted by molar-refractivity contribution is 7.99. The predicted octanol–water partition coefficient (Wildman–Crippen LogP) is 5.21. The average Bonchev–Trinajstić information content (AvgIpc) is 3.23.